The highest BCUT2D eigenvalue weighted by molar-refractivity contribution is 6.06. The van der Waals surface area contributed by atoms with Gasteiger partial charge in [0.25, 0.3) is 11.6 Å². The normalized spacial score (nSPS) is 10.7. The zero-order valence-electron chi connectivity index (χ0n) is 17.8. The van der Waals surface area contributed by atoms with Crippen molar-refractivity contribution in [3.63, 3.8) is 0 Å². The Balaban J connectivity index is 1.64. The van der Waals surface area contributed by atoms with Gasteiger partial charge in [-0.05, 0) is 61.9 Å². The van der Waals surface area contributed by atoms with Crippen molar-refractivity contribution in [3.05, 3.63) is 117 Å². The molecule has 4 rings (SSSR count). The second-order valence-corrected chi connectivity index (χ2v) is 7.61. The Kier molecular flexibility index (Phi) is 5.85. The molecule has 1 heterocycles. The van der Waals surface area contributed by atoms with E-state index < -0.39 is 4.92 Å². The monoisotopic (exact) mass is 426 g/mol. The van der Waals surface area contributed by atoms with Gasteiger partial charge in [0.2, 0.25) is 0 Å². The summed E-state index contributed by atoms with van der Waals surface area (Å²) < 4.78 is 6.00. The number of anilines is 1. The van der Waals surface area contributed by atoms with Gasteiger partial charge in [-0.15, -0.1) is 0 Å². The van der Waals surface area contributed by atoms with Crippen LogP contribution in [0, 0.1) is 24.0 Å². The predicted molar refractivity (Wildman–Crippen MR) is 124 cm³/mol. The summed E-state index contributed by atoms with van der Waals surface area (Å²) in [7, 11) is 0. The van der Waals surface area contributed by atoms with Crippen molar-refractivity contribution >= 4 is 17.3 Å². The number of carbonyl (C=O) groups is 1. The Morgan fingerprint density at radius 2 is 1.59 bits per heavy atom. The third-order valence-electron chi connectivity index (χ3n) is 5.30. The third-order valence-corrected chi connectivity index (χ3v) is 5.30. The molecule has 0 spiro atoms. The van der Waals surface area contributed by atoms with E-state index in [4.69, 9.17) is 4.42 Å². The zero-order chi connectivity index (χ0) is 22.7. The molecule has 0 saturated heterocycles. The predicted octanol–water partition coefficient (Wildman–Crippen LogP) is 6.32. The number of hydrogen-bond donors (Lipinski definition) is 0. The van der Waals surface area contributed by atoms with Crippen molar-refractivity contribution in [2.45, 2.75) is 20.4 Å². The molecule has 32 heavy (non-hydrogen) atoms. The maximum atomic E-state index is 13.5. The van der Waals surface area contributed by atoms with Gasteiger partial charge in [0.05, 0.1) is 11.5 Å². The molecule has 0 fully saturated rings. The summed E-state index contributed by atoms with van der Waals surface area (Å²) in [4.78, 5) is 25.6. The second kappa shape index (κ2) is 8.89. The van der Waals surface area contributed by atoms with Crippen LogP contribution in [0.15, 0.2) is 89.3 Å². The van der Waals surface area contributed by atoms with E-state index in [1.165, 1.54) is 12.1 Å². The number of carbonyl (C=O) groups excluding carboxylic acids is 1. The van der Waals surface area contributed by atoms with Crippen LogP contribution < -0.4 is 4.90 Å². The molecule has 0 aliphatic rings. The number of rotatable bonds is 6. The molecular weight excluding hydrogens is 404 g/mol. The van der Waals surface area contributed by atoms with Crippen LogP contribution in [-0.4, -0.2) is 10.8 Å². The summed E-state index contributed by atoms with van der Waals surface area (Å²) >= 11 is 0. The minimum Gasteiger partial charge on any atom is -0.459 e. The van der Waals surface area contributed by atoms with Crippen LogP contribution in [0.4, 0.5) is 11.4 Å². The maximum absolute atomic E-state index is 13.5. The lowest BCUT2D eigenvalue weighted by Crippen LogP contribution is -2.30. The summed E-state index contributed by atoms with van der Waals surface area (Å²) in [5.41, 5.74) is 4.17. The van der Waals surface area contributed by atoms with E-state index in [9.17, 15) is 14.9 Å². The lowest BCUT2D eigenvalue weighted by atomic mass is 10.1. The molecule has 0 unspecified atom stereocenters. The van der Waals surface area contributed by atoms with Crippen LogP contribution in [0.5, 0.6) is 0 Å². The lowest BCUT2D eigenvalue weighted by Gasteiger charge is -2.23. The van der Waals surface area contributed by atoms with Crippen molar-refractivity contribution in [2.24, 2.45) is 0 Å². The topological polar surface area (TPSA) is 76.6 Å². The molecule has 1 amide bonds. The van der Waals surface area contributed by atoms with E-state index in [0.29, 0.717) is 17.1 Å². The van der Waals surface area contributed by atoms with E-state index in [1.807, 2.05) is 74.5 Å². The number of furan rings is 1. The molecular formula is C26H22N2O4. The molecule has 1 aromatic heterocycles. The van der Waals surface area contributed by atoms with Crippen molar-refractivity contribution in [3.8, 4) is 11.3 Å². The molecule has 0 aliphatic heterocycles. The van der Waals surface area contributed by atoms with E-state index in [-0.39, 0.29) is 18.1 Å². The van der Waals surface area contributed by atoms with Crippen molar-refractivity contribution in [2.75, 3.05) is 4.90 Å². The summed E-state index contributed by atoms with van der Waals surface area (Å²) in [5.74, 6) is 1.09. The summed E-state index contributed by atoms with van der Waals surface area (Å²) in [5, 5.41) is 10.9. The number of amides is 1. The lowest BCUT2D eigenvalue weighted by molar-refractivity contribution is -0.384. The Morgan fingerprint density at radius 3 is 2.25 bits per heavy atom. The molecule has 4 aromatic rings. The number of nitrogens with zero attached hydrogens (tertiary/aromatic N) is 2. The zero-order valence-corrected chi connectivity index (χ0v) is 17.8. The summed E-state index contributed by atoms with van der Waals surface area (Å²) in [6, 6.07) is 25.1. The Morgan fingerprint density at radius 1 is 0.906 bits per heavy atom. The SMILES string of the molecule is Cc1ccc(N(Cc2ccc(-c3ccc([N+](=O)[O-])cc3)o2)C(=O)c2ccccc2C)cc1. The number of non-ortho nitro benzene ring substituents is 1. The fourth-order valence-electron chi connectivity index (χ4n) is 3.48. The van der Waals surface area contributed by atoms with Crippen LogP contribution in [0.2, 0.25) is 0 Å². The van der Waals surface area contributed by atoms with Crippen LogP contribution >= 0.6 is 0 Å². The average molecular weight is 426 g/mol. The van der Waals surface area contributed by atoms with Crippen molar-refractivity contribution < 1.29 is 14.1 Å². The second-order valence-electron chi connectivity index (χ2n) is 7.61. The molecule has 6 nitrogen and oxygen atoms in total. The Bertz CT molecular complexity index is 1260. The fraction of sp³-hybridized carbons (Fsp3) is 0.115. The molecule has 0 N–H and O–H groups in total. The largest absolute Gasteiger partial charge is 0.459 e. The van der Waals surface area contributed by atoms with Gasteiger partial charge < -0.3 is 9.32 Å². The average Bonchev–Trinajstić information content (AvgIpc) is 3.27. The Labute approximate surface area is 185 Å². The van der Waals surface area contributed by atoms with E-state index in [1.54, 1.807) is 17.0 Å². The minimum atomic E-state index is -0.437. The standard InChI is InChI=1S/C26H22N2O4/c1-18-7-11-21(12-8-18)27(26(29)24-6-4-3-5-19(24)2)17-23-15-16-25(32-23)20-9-13-22(14-10-20)28(30)31/h3-16H,17H2,1-2H3. The van der Waals surface area contributed by atoms with Crippen LogP contribution in [0.3, 0.4) is 0 Å². The number of nitro groups is 1. The van der Waals surface area contributed by atoms with Crippen LogP contribution in [0.1, 0.15) is 27.2 Å². The van der Waals surface area contributed by atoms with Crippen LogP contribution in [0.25, 0.3) is 11.3 Å². The highest BCUT2D eigenvalue weighted by atomic mass is 16.6. The molecule has 0 saturated carbocycles. The number of nitro benzene ring substituents is 1. The first-order valence-corrected chi connectivity index (χ1v) is 10.2. The van der Waals surface area contributed by atoms with Gasteiger partial charge in [0.15, 0.2) is 0 Å². The van der Waals surface area contributed by atoms with Gasteiger partial charge >= 0.3 is 0 Å². The highest BCUT2D eigenvalue weighted by Crippen LogP contribution is 2.27. The molecule has 0 aliphatic carbocycles. The summed E-state index contributed by atoms with van der Waals surface area (Å²) in [6.45, 7) is 4.17. The number of hydrogen-bond acceptors (Lipinski definition) is 4. The van der Waals surface area contributed by atoms with Gasteiger partial charge in [-0.25, -0.2) is 0 Å². The highest BCUT2D eigenvalue weighted by Gasteiger charge is 2.21. The maximum Gasteiger partial charge on any atom is 0.269 e. The first kappa shape index (κ1) is 21.1. The van der Waals surface area contributed by atoms with Gasteiger partial charge in [-0.2, -0.15) is 0 Å². The smallest absolute Gasteiger partial charge is 0.269 e. The summed E-state index contributed by atoms with van der Waals surface area (Å²) in [6.07, 6.45) is 0. The third kappa shape index (κ3) is 4.44. The number of benzene rings is 3. The minimum absolute atomic E-state index is 0.0231. The molecule has 0 atom stereocenters. The molecule has 0 bridgehead atoms. The first-order valence-electron chi connectivity index (χ1n) is 10.2. The Hall–Kier alpha value is -4.19. The van der Waals surface area contributed by atoms with E-state index >= 15 is 0 Å². The van der Waals surface area contributed by atoms with Gasteiger partial charge in [0, 0.05) is 28.9 Å². The van der Waals surface area contributed by atoms with E-state index in [0.717, 1.165) is 22.4 Å². The number of aryl methyl sites for hydroxylation is 2. The molecule has 6 heteroatoms. The van der Waals surface area contributed by atoms with Gasteiger partial charge in [-0.3, -0.25) is 14.9 Å². The quantitative estimate of drug-likeness (QED) is 0.267. The van der Waals surface area contributed by atoms with Crippen molar-refractivity contribution in [1.82, 2.24) is 0 Å². The first-order chi connectivity index (χ1) is 15.4. The molecule has 0 radical (unpaired) electrons. The molecule has 3 aromatic carbocycles. The van der Waals surface area contributed by atoms with Crippen LogP contribution in [-0.2, 0) is 6.54 Å². The fourth-order valence-corrected chi connectivity index (χ4v) is 3.48. The van der Waals surface area contributed by atoms with Crippen molar-refractivity contribution in [1.29, 1.82) is 0 Å². The molecule has 160 valence electrons. The van der Waals surface area contributed by atoms with Gasteiger partial charge in [0.1, 0.15) is 11.5 Å². The van der Waals surface area contributed by atoms with E-state index in [2.05, 4.69) is 0 Å². The van der Waals surface area contributed by atoms with Gasteiger partial charge in [-0.1, -0.05) is 35.9 Å².